The molecular formula is C12H17N3O2S2. The van der Waals surface area contributed by atoms with E-state index in [1.807, 2.05) is 6.07 Å². The van der Waals surface area contributed by atoms with Gasteiger partial charge in [0.15, 0.2) is 0 Å². The second-order valence-corrected chi connectivity index (χ2v) is 7.76. The zero-order valence-corrected chi connectivity index (χ0v) is 12.1. The number of hydrogen-bond acceptors (Lipinski definition) is 5. The molecule has 1 saturated carbocycles. The molecule has 0 bridgehead atoms. The predicted octanol–water partition coefficient (Wildman–Crippen LogP) is 1.42. The van der Waals surface area contributed by atoms with Gasteiger partial charge in [-0.3, -0.25) is 0 Å². The molecule has 19 heavy (non-hydrogen) atoms. The highest BCUT2D eigenvalue weighted by Gasteiger charge is 2.29. The molecule has 1 aliphatic carbocycles. The van der Waals surface area contributed by atoms with Gasteiger partial charge >= 0.3 is 0 Å². The molecular weight excluding hydrogens is 282 g/mol. The van der Waals surface area contributed by atoms with Gasteiger partial charge in [-0.1, -0.05) is 12.8 Å². The summed E-state index contributed by atoms with van der Waals surface area (Å²) in [5.41, 5.74) is 5.70. The van der Waals surface area contributed by atoms with Crippen molar-refractivity contribution >= 4 is 21.4 Å². The monoisotopic (exact) mass is 299 g/mol. The Morgan fingerprint density at radius 1 is 1.42 bits per heavy atom. The molecule has 1 aromatic heterocycles. The highest BCUT2D eigenvalue weighted by atomic mass is 32.2. The van der Waals surface area contributed by atoms with E-state index < -0.39 is 10.0 Å². The molecule has 104 valence electrons. The van der Waals surface area contributed by atoms with Gasteiger partial charge in [-0.2, -0.15) is 5.26 Å². The Hall–Kier alpha value is -0.940. The van der Waals surface area contributed by atoms with E-state index in [0.29, 0.717) is 11.4 Å². The minimum Gasteiger partial charge on any atom is -0.330 e. The summed E-state index contributed by atoms with van der Waals surface area (Å²) in [7, 11) is -3.53. The van der Waals surface area contributed by atoms with Crippen molar-refractivity contribution in [2.45, 2.75) is 35.9 Å². The molecule has 1 heterocycles. The van der Waals surface area contributed by atoms with Gasteiger partial charge in [0.1, 0.15) is 15.2 Å². The van der Waals surface area contributed by atoms with Crippen LogP contribution in [-0.4, -0.2) is 21.0 Å². The van der Waals surface area contributed by atoms with Gasteiger partial charge in [-0.15, -0.1) is 11.3 Å². The molecule has 2 unspecified atom stereocenters. The van der Waals surface area contributed by atoms with Crippen LogP contribution in [0.15, 0.2) is 16.3 Å². The van der Waals surface area contributed by atoms with Crippen LogP contribution < -0.4 is 10.5 Å². The van der Waals surface area contributed by atoms with Crippen LogP contribution in [0.2, 0.25) is 0 Å². The normalized spacial score (nSPS) is 24.0. The average molecular weight is 299 g/mol. The molecule has 0 saturated heterocycles. The van der Waals surface area contributed by atoms with Crippen molar-refractivity contribution in [3.63, 3.8) is 0 Å². The molecule has 1 aromatic rings. The molecule has 1 aliphatic rings. The highest BCUT2D eigenvalue weighted by molar-refractivity contribution is 7.91. The summed E-state index contributed by atoms with van der Waals surface area (Å²) in [6, 6.07) is 4.87. The number of nitrogens with two attached hydrogens (primary N) is 1. The van der Waals surface area contributed by atoms with Crippen LogP contribution in [0.25, 0.3) is 0 Å². The first-order chi connectivity index (χ1) is 9.06. The summed E-state index contributed by atoms with van der Waals surface area (Å²) >= 11 is 0.994. The van der Waals surface area contributed by atoms with Crippen molar-refractivity contribution in [1.82, 2.24) is 4.72 Å². The van der Waals surface area contributed by atoms with Gasteiger partial charge in [0.2, 0.25) is 10.0 Å². The van der Waals surface area contributed by atoms with Crippen LogP contribution in [0.3, 0.4) is 0 Å². The third-order valence-corrected chi connectivity index (χ3v) is 6.45. The summed E-state index contributed by atoms with van der Waals surface area (Å²) in [5, 5.41) is 8.75. The van der Waals surface area contributed by atoms with Crippen molar-refractivity contribution in [2.75, 3.05) is 6.54 Å². The molecule has 0 aliphatic heterocycles. The Morgan fingerprint density at radius 2 is 2.16 bits per heavy atom. The summed E-state index contributed by atoms with van der Waals surface area (Å²) in [6.07, 6.45) is 3.93. The molecule has 3 N–H and O–H groups in total. The van der Waals surface area contributed by atoms with Gasteiger partial charge in [0, 0.05) is 6.04 Å². The molecule has 7 heteroatoms. The van der Waals surface area contributed by atoms with Crippen LogP contribution in [0.4, 0.5) is 0 Å². The van der Waals surface area contributed by atoms with Crippen molar-refractivity contribution in [3.8, 4) is 6.07 Å². The lowest BCUT2D eigenvalue weighted by Gasteiger charge is -2.30. The molecule has 0 aromatic carbocycles. The van der Waals surface area contributed by atoms with Gasteiger partial charge in [-0.05, 0) is 37.4 Å². The van der Waals surface area contributed by atoms with Crippen LogP contribution in [-0.2, 0) is 10.0 Å². The number of hydrogen-bond donors (Lipinski definition) is 2. The summed E-state index contributed by atoms with van der Waals surface area (Å²) in [6.45, 7) is 0.501. The zero-order valence-electron chi connectivity index (χ0n) is 10.5. The SMILES string of the molecule is N#Cc1ccc(S(=O)(=O)NC2CCCCC2CN)s1. The first-order valence-electron chi connectivity index (χ1n) is 6.29. The lowest BCUT2D eigenvalue weighted by atomic mass is 9.85. The fourth-order valence-corrected chi connectivity index (χ4v) is 4.89. The van der Waals surface area contributed by atoms with Gasteiger partial charge in [-0.25, -0.2) is 13.1 Å². The Morgan fingerprint density at radius 3 is 2.79 bits per heavy atom. The van der Waals surface area contributed by atoms with Crippen molar-refractivity contribution in [3.05, 3.63) is 17.0 Å². The first kappa shape index (κ1) is 14.5. The minimum atomic E-state index is -3.53. The van der Waals surface area contributed by atoms with E-state index in [-0.39, 0.29) is 16.2 Å². The maximum Gasteiger partial charge on any atom is 0.250 e. The van der Waals surface area contributed by atoms with Crippen LogP contribution in [0.1, 0.15) is 30.6 Å². The third-order valence-electron chi connectivity index (χ3n) is 3.47. The second-order valence-electron chi connectivity index (χ2n) is 4.74. The van der Waals surface area contributed by atoms with Crippen molar-refractivity contribution in [1.29, 1.82) is 5.26 Å². The van der Waals surface area contributed by atoms with Crippen LogP contribution >= 0.6 is 11.3 Å². The summed E-state index contributed by atoms with van der Waals surface area (Å²) in [5.74, 6) is 0.207. The number of sulfonamides is 1. The Labute approximate surface area is 117 Å². The lowest BCUT2D eigenvalue weighted by Crippen LogP contribution is -2.44. The maximum absolute atomic E-state index is 12.2. The predicted molar refractivity (Wildman–Crippen MR) is 74.2 cm³/mol. The number of thiophene rings is 1. The summed E-state index contributed by atoms with van der Waals surface area (Å²) < 4.78 is 27.4. The summed E-state index contributed by atoms with van der Waals surface area (Å²) in [4.78, 5) is 0.402. The van der Waals surface area contributed by atoms with Gasteiger partial charge in [0.05, 0.1) is 0 Å². The van der Waals surface area contributed by atoms with Gasteiger partial charge in [0.25, 0.3) is 0 Å². The topological polar surface area (TPSA) is 96.0 Å². The van der Waals surface area contributed by atoms with E-state index in [2.05, 4.69) is 4.72 Å². The van der Waals surface area contributed by atoms with E-state index in [9.17, 15) is 8.42 Å². The van der Waals surface area contributed by atoms with Gasteiger partial charge < -0.3 is 5.73 Å². The largest absolute Gasteiger partial charge is 0.330 e. The van der Waals surface area contributed by atoms with E-state index in [0.717, 1.165) is 37.0 Å². The Balaban J connectivity index is 2.14. The second kappa shape index (κ2) is 6.01. The zero-order chi connectivity index (χ0) is 13.9. The quantitative estimate of drug-likeness (QED) is 0.878. The Kier molecular flexibility index (Phi) is 4.58. The average Bonchev–Trinajstić information content (AvgIpc) is 2.88. The minimum absolute atomic E-state index is 0.0867. The highest BCUT2D eigenvalue weighted by Crippen LogP contribution is 2.27. The number of nitriles is 1. The van der Waals surface area contributed by atoms with Crippen LogP contribution in [0, 0.1) is 17.2 Å². The van der Waals surface area contributed by atoms with E-state index in [4.69, 9.17) is 11.0 Å². The third kappa shape index (κ3) is 3.34. The Bertz CT molecular complexity index is 574. The molecule has 0 spiro atoms. The smallest absolute Gasteiger partial charge is 0.250 e. The van der Waals surface area contributed by atoms with Crippen molar-refractivity contribution < 1.29 is 8.42 Å². The number of nitrogens with zero attached hydrogens (tertiary/aromatic N) is 1. The van der Waals surface area contributed by atoms with Crippen molar-refractivity contribution in [2.24, 2.45) is 11.7 Å². The maximum atomic E-state index is 12.2. The lowest BCUT2D eigenvalue weighted by molar-refractivity contribution is 0.296. The fraction of sp³-hybridized carbons (Fsp3) is 0.583. The van der Waals surface area contributed by atoms with E-state index in [1.54, 1.807) is 0 Å². The van der Waals surface area contributed by atoms with E-state index in [1.165, 1.54) is 12.1 Å². The van der Waals surface area contributed by atoms with E-state index >= 15 is 0 Å². The molecule has 1 fully saturated rings. The number of rotatable bonds is 4. The molecule has 0 radical (unpaired) electrons. The molecule has 2 atom stereocenters. The standard InChI is InChI=1S/C12H17N3O2S2/c13-7-9-3-1-2-4-11(9)15-19(16,17)12-6-5-10(8-14)18-12/h5-6,9,11,15H,1-4,7,13H2. The van der Waals surface area contributed by atoms with Crippen LogP contribution in [0.5, 0.6) is 0 Å². The molecule has 5 nitrogen and oxygen atoms in total. The molecule has 0 amide bonds. The molecule has 2 rings (SSSR count). The first-order valence-corrected chi connectivity index (χ1v) is 8.59. The fourth-order valence-electron chi connectivity index (χ4n) is 2.43. The number of nitrogens with one attached hydrogen (secondary N) is 1.